The van der Waals surface area contributed by atoms with Crippen LogP contribution in [0.4, 0.5) is 15.8 Å². The molecule has 1 N–H and O–H groups in total. The number of benzene rings is 2. The number of hydrogen-bond acceptors (Lipinski definition) is 3. The number of piperidine rings is 1. The van der Waals surface area contributed by atoms with Gasteiger partial charge in [-0.1, -0.05) is 11.6 Å². The first-order valence-electron chi connectivity index (χ1n) is 9.47. The number of hydrogen-bond donors (Lipinski definition) is 1. The van der Waals surface area contributed by atoms with E-state index in [4.69, 9.17) is 11.6 Å². The van der Waals surface area contributed by atoms with Gasteiger partial charge in [-0.2, -0.15) is 0 Å². The summed E-state index contributed by atoms with van der Waals surface area (Å²) in [5.74, 6) is -0.843. The molecule has 28 heavy (non-hydrogen) atoms. The van der Waals surface area contributed by atoms with Crippen molar-refractivity contribution in [2.24, 2.45) is 0 Å². The molecule has 4 rings (SSSR count). The molecule has 1 atom stereocenters. The first-order valence-corrected chi connectivity index (χ1v) is 9.85. The molecule has 2 aromatic rings. The number of nitrogens with zero attached hydrogens (tertiary/aromatic N) is 2. The molecule has 1 saturated heterocycles. The van der Waals surface area contributed by atoms with Crippen LogP contribution in [0.5, 0.6) is 0 Å². The van der Waals surface area contributed by atoms with Crippen molar-refractivity contribution in [3.05, 3.63) is 58.4 Å². The van der Waals surface area contributed by atoms with Crippen LogP contribution in [-0.4, -0.2) is 36.0 Å². The van der Waals surface area contributed by atoms with Crippen molar-refractivity contribution >= 4 is 34.8 Å². The van der Waals surface area contributed by atoms with E-state index < -0.39 is 5.82 Å². The molecule has 0 radical (unpaired) electrons. The summed E-state index contributed by atoms with van der Waals surface area (Å²) in [6.07, 6.45) is 3.10. The second-order valence-electron chi connectivity index (χ2n) is 7.08. The van der Waals surface area contributed by atoms with Crippen molar-refractivity contribution in [2.45, 2.75) is 32.4 Å². The molecule has 5 nitrogen and oxygen atoms in total. The summed E-state index contributed by atoms with van der Waals surface area (Å²) in [4.78, 5) is 29.7. The Kier molecular flexibility index (Phi) is 4.98. The van der Waals surface area contributed by atoms with Crippen molar-refractivity contribution in [3.63, 3.8) is 0 Å². The molecule has 0 saturated carbocycles. The quantitative estimate of drug-likeness (QED) is 0.822. The molecule has 0 aromatic heterocycles. The summed E-state index contributed by atoms with van der Waals surface area (Å²) in [7, 11) is 0. The smallest absolute Gasteiger partial charge is 0.257 e. The molecule has 146 valence electrons. The molecule has 1 unspecified atom stereocenters. The number of fused-ring (bicyclic) bond motifs is 2. The second kappa shape index (κ2) is 7.43. The van der Waals surface area contributed by atoms with Crippen molar-refractivity contribution in [1.29, 1.82) is 0 Å². The minimum absolute atomic E-state index is 0.0293. The molecular weight excluding hydrogens is 381 g/mol. The molecule has 0 aliphatic carbocycles. The highest BCUT2D eigenvalue weighted by molar-refractivity contribution is 6.31. The monoisotopic (exact) mass is 401 g/mol. The van der Waals surface area contributed by atoms with Gasteiger partial charge in [-0.3, -0.25) is 9.59 Å². The zero-order chi connectivity index (χ0) is 19.8. The van der Waals surface area contributed by atoms with Gasteiger partial charge in [-0.15, -0.1) is 0 Å². The molecule has 2 aliphatic heterocycles. The highest BCUT2D eigenvalue weighted by Gasteiger charge is 2.38. The Balaban J connectivity index is 1.65. The molecular formula is C21H21ClFN3O2. The zero-order valence-electron chi connectivity index (χ0n) is 15.5. The Labute approximate surface area is 168 Å². The average Bonchev–Trinajstić information content (AvgIpc) is 2.71. The fourth-order valence-corrected chi connectivity index (χ4v) is 4.22. The summed E-state index contributed by atoms with van der Waals surface area (Å²) in [5, 5.41) is 2.68. The fraction of sp³-hybridized carbons (Fsp3) is 0.333. The van der Waals surface area contributed by atoms with Gasteiger partial charge in [-0.05, 0) is 62.6 Å². The van der Waals surface area contributed by atoms with Gasteiger partial charge in [0, 0.05) is 24.3 Å². The SMILES string of the molecule is CCN1c2cc(C(=O)Nc3ccc(F)c(Cl)c3)ccc2C(=O)N2CCCCC21. The molecule has 0 bridgehead atoms. The number of carbonyl (C=O) groups excluding carboxylic acids is 2. The molecule has 2 heterocycles. The zero-order valence-corrected chi connectivity index (χ0v) is 16.3. The highest BCUT2D eigenvalue weighted by Crippen LogP contribution is 2.35. The lowest BCUT2D eigenvalue weighted by atomic mass is 9.97. The fourth-order valence-electron chi connectivity index (χ4n) is 4.04. The maximum absolute atomic E-state index is 13.3. The highest BCUT2D eigenvalue weighted by atomic mass is 35.5. The lowest BCUT2D eigenvalue weighted by molar-refractivity contribution is 0.0582. The van der Waals surface area contributed by atoms with Gasteiger partial charge in [0.05, 0.1) is 16.3 Å². The minimum atomic E-state index is -0.539. The Morgan fingerprint density at radius 3 is 2.82 bits per heavy atom. The number of halogens is 2. The Hall–Kier alpha value is -2.60. The van der Waals surface area contributed by atoms with Gasteiger partial charge in [0.1, 0.15) is 12.0 Å². The molecule has 0 spiro atoms. The Morgan fingerprint density at radius 2 is 2.07 bits per heavy atom. The summed E-state index contributed by atoms with van der Waals surface area (Å²) in [6, 6.07) is 9.17. The summed E-state index contributed by atoms with van der Waals surface area (Å²) in [5.41, 5.74) is 2.27. The molecule has 1 fully saturated rings. The van der Waals surface area contributed by atoms with Crippen LogP contribution >= 0.6 is 11.6 Å². The third kappa shape index (κ3) is 3.22. The lowest BCUT2D eigenvalue weighted by Gasteiger charge is -2.47. The Morgan fingerprint density at radius 1 is 1.25 bits per heavy atom. The van der Waals surface area contributed by atoms with Crippen LogP contribution in [0, 0.1) is 5.82 Å². The number of nitrogens with one attached hydrogen (secondary N) is 1. The summed E-state index contributed by atoms with van der Waals surface area (Å²) in [6.45, 7) is 3.58. The van der Waals surface area contributed by atoms with Gasteiger partial charge in [-0.25, -0.2) is 4.39 Å². The van der Waals surface area contributed by atoms with Crippen molar-refractivity contribution < 1.29 is 14.0 Å². The van der Waals surface area contributed by atoms with E-state index >= 15 is 0 Å². The predicted molar refractivity (Wildman–Crippen MR) is 108 cm³/mol. The minimum Gasteiger partial charge on any atom is -0.351 e. The number of carbonyl (C=O) groups is 2. The van der Waals surface area contributed by atoms with Crippen LogP contribution in [0.3, 0.4) is 0 Å². The van der Waals surface area contributed by atoms with Crippen LogP contribution in [0.15, 0.2) is 36.4 Å². The van der Waals surface area contributed by atoms with Gasteiger partial charge in [0.15, 0.2) is 0 Å². The van der Waals surface area contributed by atoms with E-state index in [1.54, 1.807) is 18.2 Å². The maximum Gasteiger partial charge on any atom is 0.257 e. The van der Waals surface area contributed by atoms with Crippen LogP contribution in [0.1, 0.15) is 46.9 Å². The van der Waals surface area contributed by atoms with E-state index in [9.17, 15) is 14.0 Å². The number of anilines is 2. The van der Waals surface area contributed by atoms with E-state index in [0.717, 1.165) is 38.0 Å². The van der Waals surface area contributed by atoms with Crippen molar-refractivity contribution in [3.8, 4) is 0 Å². The topological polar surface area (TPSA) is 52.7 Å². The second-order valence-corrected chi connectivity index (χ2v) is 7.48. The van der Waals surface area contributed by atoms with Crippen LogP contribution in [-0.2, 0) is 0 Å². The average molecular weight is 402 g/mol. The van der Waals surface area contributed by atoms with Crippen LogP contribution < -0.4 is 10.2 Å². The normalized spacial score (nSPS) is 18.5. The summed E-state index contributed by atoms with van der Waals surface area (Å²) >= 11 is 5.78. The third-order valence-electron chi connectivity index (χ3n) is 5.41. The van der Waals surface area contributed by atoms with Gasteiger partial charge in [0.2, 0.25) is 0 Å². The van der Waals surface area contributed by atoms with E-state index in [1.165, 1.54) is 18.2 Å². The first kappa shape index (κ1) is 18.7. The van der Waals surface area contributed by atoms with E-state index in [2.05, 4.69) is 17.1 Å². The standard InChI is InChI=1S/C21H21ClFN3O2/c1-2-25-18-11-13(20(27)24-14-7-9-17(23)16(22)12-14)6-8-15(18)21(28)26-10-4-3-5-19(25)26/h6-9,11-12,19H,2-5,10H2,1H3,(H,24,27). The lowest BCUT2D eigenvalue weighted by Crippen LogP contribution is -2.57. The maximum atomic E-state index is 13.3. The predicted octanol–water partition coefficient (Wildman–Crippen LogP) is 4.52. The summed E-state index contributed by atoms with van der Waals surface area (Å²) < 4.78 is 13.3. The third-order valence-corrected chi connectivity index (χ3v) is 5.70. The van der Waals surface area contributed by atoms with Crippen molar-refractivity contribution in [2.75, 3.05) is 23.3 Å². The number of amides is 2. The van der Waals surface area contributed by atoms with E-state index in [-0.39, 0.29) is 23.0 Å². The first-order chi connectivity index (χ1) is 13.5. The van der Waals surface area contributed by atoms with E-state index in [0.29, 0.717) is 16.8 Å². The number of rotatable bonds is 3. The molecule has 7 heteroatoms. The largest absolute Gasteiger partial charge is 0.351 e. The van der Waals surface area contributed by atoms with Gasteiger partial charge >= 0.3 is 0 Å². The van der Waals surface area contributed by atoms with Crippen LogP contribution in [0.2, 0.25) is 5.02 Å². The molecule has 2 aromatic carbocycles. The molecule has 2 amide bonds. The van der Waals surface area contributed by atoms with Gasteiger partial charge in [0.25, 0.3) is 11.8 Å². The van der Waals surface area contributed by atoms with Crippen LogP contribution in [0.25, 0.3) is 0 Å². The van der Waals surface area contributed by atoms with Crippen molar-refractivity contribution in [1.82, 2.24) is 4.90 Å². The molecule has 2 aliphatic rings. The van der Waals surface area contributed by atoms with Gasteiger partial charge < -0.3 is 15.1 Å². The Bertz CT molecular complexity index is 949. The van der Waals surface area contributed by atoms with E-state index in [1.807, 2.05) is 4.90 Å².